The molecule has 0 unspecified atom stereocenters. The summed E-state index contributed by atoms with van der Waals surface area (Å²) >= 11 is 0. The van der Waals surface area contributed by atoms with Crippen molar-refractivity contribution in [3.63, 3.8) is 0 Å². The summed E-state index contributed by atoms with van der Waals surface area (Å²) in [6.45, 7) is 7.52. The molecule has 2 N–H and O–H groups in total. The highest BCUT2D eigenvalue weighted by Gasteiger charge is 2.16. The second kappa shape index (κ2) is 6.69. The molecule has 1 saturated heterocycles. The maximum atomic E-state index is 5.53. The second-order valence-corrected chi connectivity index (χ2v) is 4.58. The molecule has 1 aromatic heterocycles. The molecular weight excluding hydrogens is 212 g/mol. The van der Waals surface area contributed by atoms with Gasteiger partial charge >= 0.3 is 0 Å². The van der Waals surface area contributed by atoms with E-state index in [-0.39, 0.29) is 0 Å². The highest BCUT2D eigenvalue weighted by atomic mass is 15.3. The van der Waals surface area contributed by atoms with Gasteiger partial charge in [0.2, 0.25) is 0 Å². The fraction of sp³-hybridized carbons (Fsp3) is 0.615. The third-order valence-corrected chi connectivity index (χ3v) is 3.26. The van der Waals surface area contributed by atoms with Gasteiger partial charge in [0.15, 0.2) is 0 Å². The molecule has 0 spiro atoms. The van der Waals surface area contributed by atoms with Crippen LogP contribution >= 0.6 is 0 Å². The summed E-state index contributed by atoms with van der Waals surface area (Å²) in [4.78, 5) is 9.34. The molecule has 0 bridgehead atoms. The van der Waals surface area contributed by atoms with Gasteiger partial charge in [0.1, 0.15) is 0 Å². The quantitative estimate of drug-likeness (QED) is 0.808. The van der Waals surface area contributed by atoms with Gasteiger partial charge in [-0.25, -0.2) is 0 Å². The van der Waals surface area contributed by atoms with E-state index >= 15 is 0 Å². The van der Waals surface area contributed by atoms with Crippen LogP contribution in [0.1, 0.15) is 12.1 Å². The van der Waals surface area contributed by atoms with Crippen molar-refractivity contribution in [2.45, 2.75) is 13.0 Å². The van der Waals surface area contributed by atoms with E-state index in [1.807, 2.05) is 12.3 Å². The predicted octanol–water partition coefficient (Wildman–Crippen LogP) is 0.548. The Morgan fingerprint density at radius 2 is 1.88 bits per heavy atom. The Morgan fingerprint density at radius 1 is 1.12 bits per heavy atom. The first-order valence-electron chi connectivity index (χ1n) is 6.43. The van der Waals surface area contributed by atoms with Crippen LogP contribution in [0, 0.1) is 0 Å². The maximum absolute atomic E-state index is 5.53. The third-order valence-electron chi connectivity index (χ3n) is 3.26. The highest BCUT2D eigenvalue weighted by molar-refractivity contribution is 5.03. The summed E-state index contributed by atoms with van der Waals surface area (Å²) in [6, 6.07) is 6.12. The van der Waals surface area contributed by atoms with Crippen molar-refractivity contribution in [3.05, 3.63) is 30.1 Å². The molecule has 94 valence electrons. The Balaban J connectivity index is 1.72. The lowest BCUT2D eigenvalue weighted by molar-refractivity contribution is 0.125. The van der Waals surface area contributed by atoms with E-state index in [4.69, 9.17) is 5.73 Å². The normalized spacial score (nSPS) is 18.4. The minimum absolute atomic E-state index is 0.800. The van der Waals surface area contributed by atoms with Gasteiger partial charge in [0.05, 0.1) is 5.69 Å². The SMILES string of the molecule is NCCCN1CCN(Cc2ccccn2)CC1. The molecule has 0 atom stereocenters. The number of rotatable bonds is 5. The van der Waals surface area contributed by atoms with Crippen molar-refractivity contribution in [2.24, 2.45) is 5.73 Å². The van der Waals surface area contributed by atoms with Gasteiger partial charge in [0, 0.05) is 38.9 Å². The molecule has 0 saturated carbocycles. The topological polar surface area (TPSA) is 45.4 Å². The Labute approximate surface area is 103 Å². The van der Waals surface area contributed by atoms with Crippen LogP contribution in [0.3, 0.4) is 0 Å². The Bertz CT molecular complexity index is 306. The molecule has 1 aliphatic heterocycles. The number of pyridine rings is 1. The van der Waals surface area contributed by atoms with E-state index in [1.165, 1.54) is 5.69 Å². The lowest BCUT2D eigenvalue weighted by Gasteiger charge is -2.34. The molecule has 2 rings (SSSR count). The summed E-state index contributed by atoms with van der Waals surface area (Å²) in [5, 5.41) is 0. The molecule has 1 fully saturated rings. The maximum Gasteiger partial charge on any atom is 0.0543 e. The molecular formula is C13H22N4. The second-order valence-electron chi connectivity index (χ2n) is 4.58. The fourth-order valence-corrected chi connectivity index (χ4v) is 2.21. The van der Waals surface area contributed by atoms with E-state index < -0.39 is 0 Å². The molecule has 2 heterocycles. The number of hydrogen-bond acceptors (Lipinski definition) is 4. The van der Waals surface area contributed by atoms with Crippen LogP contribution in [-0.4, -0.2) is 54.1 Å². The zero-order valence-corrected chi connectivity index (χ0v) is 10.4. The summed E-state index contributed by atoms with van der Waals surface area (Å²) in [6.07, 6.45) is 2.98. The van der Waals surface area contributed by atoms with Crippen LogP contribution in [-0.2, 0) is 6.54 Å². The fourth-order valence-electron chi connectivity index (χ4n) is 2.21. The van der Waals surface area contributed by atoms with Gasteiger partial charge in [-0.05, 0) is 31.6 Å². The van der Waals surface area contributed by atoms with Crippen LogP contribution in [0.15, 0.2) is 24.4 Å². The van der Waals surface area contributed by atoms with Gasteiger partial charge in [-0.3, -0.25) is 9.88 Å². The molecule has 1 aliphatic rings. The van der Waals surface area contributed by atoms with Crippen LogP contribution in [0.4, 0.5) is 0 Å². The summed E-state index contributed by atoms with van der Waals surface area (Å²) < 4.78 is 0. The van der Waals surface area contributed by atoms with Gasteiger partial charge in [-0.2, -0.15) is 0 Å². The van der Waals surface area contributed by atoms with Gasteiger partial charge in [-0.1, -0.05) is 6.07 Å². The number of nitrogens with two attached hydrogens (primary N) is 1. The number of hydrogen-bond donors (Lipinski definition) is 1. The minimum Gasteiger partial charge on any atom is -0.330 e. The lowest BCUT2D eigenvalue weighted by Crippen LogP contribution is -2.46. The summed E-state index contributed by atoms with van der Waals surface area (Å²) in [7, 11) is 0. The van der Waals surface area contributed by atoms with Crippen molar-refractivity contribution >= 4 is 0 Å². The van der Waals surface area contributed by atoms with Crippen LogP contribution in [0.2, 0.25) is 0 Å². The summed E-state index contributed by atoms with van der Waals surface area (Å²) in [5.74, 6) is 0. The number of nitrogens with zero attached hydrogens (tertiary/aromatic N) is 3. The molecule has 4 nitrogen and oxygen atoms in total. The van der Waals surface area contributed by atoms with Crippen molar-refractivity contribution in [1.82, 2.24) is 14.8 Å². The highest BCUT2D eigenvalue weighted by Crippen LogP contribution is 2.06. The largest absolute Gasteiger partial charge is 0.330 e. The Hall–Kier alpha value is -0.970. The average Bonchev–Trinajstić information content (AvgIpc) is 2.39. The first kappa shape index (κ1) is 12.5. The average molecular weight is 234 g/mol. The monoisotopic (exact) mass is 234 g/mol. The lowest BCUT2D eigenvalue weighted by atomic mass is 10.2. The molecule has 1 aromatic rings. The molecule has 17 heavy (non-hydrogen) atoms. The smallest absolute Gasteiger partial charge is 0.0543 e. The third kappa shape index (κ3) is 4.07. The van der Waals surface area contributed by atoms with Crippen molar-refractivity contribution in [2.75, 3.05) is 39.3 Å². The predicted molar refractivity (Wildman–Crippen MR) is 69.6 cm³/mol. The van der Waals surface area contributed by atoms with Crippen LogP contribution in [0.5, 0.6) is 0 Å². The molecule has 0 aromatic carbocycles. The first-order chi connectivity index (χ1) is 8.38. The van der Waals surface area contributed by atoms with Gasteiger partial charge in [-0.15, -0.1) is 0 Å². The Kier molecular flexibility index (Phi) is 4.91. The van der Waals surface area contributed by atoms with E-state index in [0.717, 1.165) is 52.2 Å². The number of aromatic nitrogens is 1. The van der Waals surface area contributed by atoms with Crippen molar-refractivity contribution in [1.29, 1.82) is 0 Å². The zero-order chi connectivity index (χ0) is 11.9. The summed E-state index contributed by atoms with van der Waals surface area (Å²) in [5.41, 5.74) is 6.70. The van der Waals surface area contributed by atoms with E-state index in [1.54, 1.807) is 0 Å². The van der Waals surface area contributed by atoms with E-state index in [2.05, 4.69) is 26.9 Å². The van der Waals surface area contributed by atoms with E-state index in [0.29, 0.717) is 0 Å². The molecule has 0 radical (unpaired) electrons. The van der Waals surface area contributed by atoms with Crippen LogP contribution < -0.4 is 5.73 Å². The van der Waals surface area contributed by atoms with Gasteiger partial charge in [0.25, 0.3) is 0 Å². The van der Waals surface area contributed by atoms with Crippen molar-refractivity contribution < 1.29 is 0 Å². The van der Waals surface area contributed by atoms with Crippen molar-refractivity contribution in [3.8, 4) is 0 Å². The van der Waals surface area contributed by atoms with Crippen LogP contribution in [0.25, 0.3) is 0 Å². The number of piperazine rings is 1. The Morgan fingerprint density at radius 3 is 2.53 bits per heavy atom. The standard InChI is InChI=1S/C13H22N4/c14-5-3-7-16-8-10-17(11-9-16)12-13-4-1-2-6-15-13/h1-2,4,6H,3,5,7-12,14H2. The van der Waals surface area contributed by atoms with Gasteiger partial charge < -0.3 is 10.6 Å². The molecule has 0 aliphatic carbocycles. The molecule has 4 heteroatoms. The van der Waals surface area contributed by atoms with E-state index in [9.17, 15) is 0 Å². The molecule has 0 amide bonds. The minimum atomic E-state index is 0.800. The first-order valence-corrected chi connectivity index (χ1v) is 6.43. The zero-order valence-electron chi connectivity index (χ0n) is 10.4.